The average Bonchev–Trinajstić information content (AvgIpc) is 2.79. The molecular formula is C23H26N4O6. The highest BCUT2D eigenvalue weighted by molar-refractivity contribution is 6.12. The predicted octanol–water partition coefficient (Wildman–Crippen LogP) is 3.79. The van der Waals surface area contributed by atoms with Crippen LogP contribution in [0.4, 0.5) is 21.0 Å². The first-order valence-electron chi connectivity index (χ1n) is 10.1. The average molecular weight is 454 g/mol. The van der Waals surface area contributed by atoms with Crippen LogP contribution in [0.25, 0.3) is 0 Å². The quantitative estimate of drug-likeness (QED) is 0.343. The van der Waals surface area contributed by atoms with Crippen LogP contribution in [0.2, 0.25) is 0 Å². The molecule has 0 aliphatic heterocycles. The molecule has 0 atom stereocenters. The van der Waals surface area contributed by atoms with Crippen molar-refractivity contribution >= 4 is 41.2 Å². The zero-order valence-corrected chi connectivity index (χ0v) is 18.8. The van der Waals surface area contributed by atoms with Crippen molar-refractivity contribution in [3.8, 4) is 0 Å². The van der Waals surface area contributed by atoms with E-state index in [1.165, 1.54) is 6.07 Å². The van der Waals surface area contributed by atoms with Crippen molar-refractivity contribution < 1.29 is 28.7 Å². The van der Waals surface area contributed by atoms with Crippen LogP contribution >= 0.6 is 0 Å². The van der Waals surface area contributed by atoms with Crippen molar-refractivity contribution in [3.63, 3.8) is 0 Å². The number of rotatable bonds is 6. The number of carbonyl (C=O) groups is 4. The molecule has 0 unspecified atom stereocenters. The number of amides is 3. The molecule has 10 heteroatoms. The number of ketones is 1. The van der Waals surface area contributed by atoms with Gasteiger partial charge in [0, 0.05) is 17.5 Å². The summed E-state index contributed by atoms with van der Waals surface area (Å²) < 4.78 is 9.05. The molecule has 0 heterocycles. The fourth-order valence-corrected chi connectivity index (χ4v) is 2.73. The third-order valence-electron chi connectivity index (χ3n) is 4.22. The molecule has 0 saturated carbocycles. The lowest BCUT2D eigenvalue weighted by molar-refractivity contribution is -0.116. The number of carbonyl (C=O) groups excluding carboxylic acids is 4. The summed E-state index contributed by atoms with van der Waals surface area (Å²) in [7, 11) is 2.26. The van der Waals surface area contributed by atoms with Gasteiger partial charge >= 0.3 is 12.2 Å². The van der Waals surface area contributed by atoms with E-state index in [0.29, 0.717) is 16.8 Å². The first kappa shape index (κ1) is 25.1. The maximum Gasteiger partial charge on any atom is 0.436 e. The molecule has 2 aromatic rings. The van der Waals surface area contributed by atoms with E-state index in [1.54, 1.807) is 42.5 Å². The van der Waals surface area contributed by atoms with Crippen LogP contribution in [0.15, 0.2) is 53.5 Å². The zero-order chi connectivity index (χ0) is 24.4. The Hall–Kier alpha value is -4.21. The molecule has 3 N–H and O–H groups in total. The van der Waals surface area contributed by atoms with Gasteiger partial charge in [0.25, 0.3) is 0 Å². The number of aliphatic imine (C=N–C) groups is 1. The van der Waals surface area contributed by atoms with Crippen LogP contribution in [-0.2, 0) is 14.3 Å². The molecular weight excluding hydrogens is 428 g/mol. The van der Waals surface area contributed by atoms with E-state index in [4.69, 9.17) is 0 Å². The molecule has 0 fully saturated rings. The van der Waals surface area contributed by atoms with Gasteiger partial charge < -0.3 is 20.1 Å². The van der Waals surface area contributed by atoms with Gasteiger partial charge in [-0.1, -0.05) is 44.2 Å². The van der Waals surface area contributed by atoms with E-state index < -0.39 is 12.2 Å². The smallest absolute Gasteiger partial charge is 0.436 e. The van der Waals surface area contributed by atoms with Crippen LogP contribution in [0.3, 0.4) is 0 Å². The minimum atomic E-state index is -0.990. The van der Waals surface area contributed by atoms with Crippen LogP contribution in [-0.4, -0.2) is 44.1 Å². The molecule has 33 heavy (non-hydrogen) atoms. The number of benzene rings is 2. The van der Waals surface area contributed by atoms with Gasteiger partial charge in [-0.05, 0) is 24.1 Å². The highest BCUT2D eigenvalue weighted by atomic mass is 16.5. The summed E-state index contributed by atoms with van der Waals surface area (Å²) >= 11 is 0. The number of ether oxygens (including phenoxy) is 2. The summed E-state index contributed by atoms with van der Waals surface area (Å²) in [6, 6.07) is 13.2. The summed E-state index contributed by atoms with van der Waals surface area (Å²) in [6.07, 6.45) is -1.61. The number of guanidine groups is 1. The molecule has 0 radical (unpaired) electrons. The first-order chi connectivity index (χ1) is 15.7. The van der Waals surface area contributed by atoms with Crippen molar-refractivity contribution in [1.82, 2.24) is 5.32 Å². The molecule has 0 aromatic heterocycles. The topological polar surface area (TPSA) is 135 Å². The second kappa shape index (κ2) is 12.0. The molecule has 3 amide bonds. The summed E-state index contributed by atoms with van der Waals surface area (Å²) in [6.45, 7) is 3.81. The second-order valence-corrected chi connectivity index (χ2v) is 7.27. The number of anilines is 2. The number of nitrogens with zero attached hydrogens (tertiary/aromatic N) is 1. The van der Waals surface area contributed by atoms with E-state index in [9.17, 15) is 19.2 Å². The van der Waals surface area contributed by atoms with Gasteiger partial charge in [0.15, 0.2) is 5.78 Å². The van der Waals surface area contributed by atoms with Crippen molar-refractivity contribution in [1.29, 1.82) is 0 Å². The van der Waals surface area contributed by atoms with Gasteiger partial charge in [-0.25, -0.2) is 9.59 Å². The predicted molar refractivity (Wildman–Crippen MR) is 123 cm³/mol. The van der Waals surface area contributed by atoms with E-state index in [0.717, 1.165) is 14.2 Å². The van der Waals surface area contributed by atoms with Crippen molar-refractivity contribution in [3.05, 3.63) is 59.7 Å². The van der Waals surface area contributed by atoms with Crippen molar-refractivity contribution in [2.75, 3.05) is 24.9 Å². The van der Waals surface area contributed by atoms with E-state index in [-0.39, 0.29) is 35.7 Å². The highest BCUT2D eigenvalue weighted by Gasteiger charge is 2.17. The molecule has 174 valence electrons. The van der Waals surface area contributed by atoms with Gasteiger partial charge in [-0.3, -0.25) is 14.9 Å². The molecule has 10 nitrogen and oxygen atoms in total. The lowest BCUT2D eigenvalue weighted by Gasteiger charge is -2.16. The molecule has 0 aliphatic carbocycles. The van der Waals surface area contributed by atoms with Gasteiger partial charge in [0.2, 0.25) is 11.9 Å². The Morgan fingerprint density at radius 2 is 1.58 bits per heavy atom. The Kier molecular flexibility index (Phi) is 9.10. The summed E-state index contributed by atoms with van der Waals surface area (Å²) in [5, 5.41) is 7.77. The summed E-state index contributed by atoms with van der Waals surface area (Å²) in [5.74, 6) is -0.705. The van der Waals surface area contributed by atoms with Crippen molar-refractivity contribution in [2.45, 2.75) is 20.3 Å². The number of alkyl carbamates (subject to hydrolysis) is 1. The second-order valence-electron chi connectivity index (χ2n) is 7.27. The van der Waals surface area contributed by atoms with Crippen LogP contribution in [0, 0.1) is 5.92 Å². The number of methoxy groups -OCH3 is 2. The molecule has 0 saturated heterocycles. The van der Waals surface area contributed by atoms with Gasteiger partial charge in [0.1, 0.15) is 0 Å². The van der Waals surface area contributed by atoms with E-state index in [2.05, 4.69) is 30.4 Å². The largest absolute Gasteiger partial charge is 0.453 e. The standard InChI is InChI=1S/C23H26N4O6/c1-14(2)12-19(28)24-17-11-10-16(20(29)15-8-6-5-7-9-15)13-18(17)25-21(26-22(30)32-3)27-23(31)33-4/h5-11,13-14H,12H2,1-4H3,(H,24,28)(H2,25,26,27,30,31). The lowest BCUT2D eigenvalue weighted by atomic mass is 10.0. The number of hydrogen-bond donors (Lipinski definition) is 3. The molecule has 0 aliphatic rings. The summed E-state index contributed by atoms with van der Waals surface area (Å²) in [4.78, 5) is 52.2. The fraction of sp³-hybridized carbons (Fsp3) is 0.261. The van der Waals surface area contributed by atoms with Gasteiger partial charge in [-0.15, -0.1) is 4.99 Å². The fourth-order valence-electron chi connectivity index (χ4n) is 2.73. The molecule has 0 bridgehead atoms. The minimum absolute atomic E-state index is 0.123. The Bertz CT molecular complexity index is 1050. The lowest BCUT2D eigenvalue weighted by Crippen LogP contribution is -2.37. The van der Waals surface area contributed by atoms with E-state index in [1.807, 2.05) is 13.8 Å². The van der Waals surface area contributed by atoms with Gasteiger partial charge in [-0.2, -0.15) is 0 Å². The maximum absolute atomic E-state index is 12.9. The number of nitrogens with one attached hydrogen (secondary N) is 3. The Morgan fingerprint density at radius 3 is 2.18 bits per heavy atom. The maximum atomic E-state index is 12.9. The Morgan fingerprint density at radius 1 is 0.879 bits per heavy atom. The molecule has 0 spiro atoms. The number of hydrogen-bond acceptors (Lipinski definition) is 6. The van der Waals surface area contributed by atoms with Crippen molar-refractivity contribution in [2.24, 2.45) is 10.9 Å². The van der Waals surface area contributed by atoms with Gasteiger partial charge in [0.05, 0.1) is 25.6 Å². The monoisotopic (exact) mass is 454 g/mol. The normalized spacial score (nSPS) is 10.9. The summed E-state index contributed by atoms with van der Waals surface area (Å²) in [5.41, 5.74) is 1.31. The van der Waals surface area contributed by atoms with Crippen LogP contribution in [0.5, 0.6) is 0 Å². The highest BCUT2D eigenvalue weighted by Crippen LogP contribution is 2.25. The Labute approximate surface area is 191 Å². The van der Waals surface area contributed by atoms with Crippen LogP contribution < -0.4 is 16.0 Å². The van der Waals surface area contributed by atoms with E-state index >= 15 is 0 Å². The zero-order valence-electron chi connectivity index (χ0n) is 18.8. The first-order valence-corrected chi connectivity index (χ1v) is 10.1. The Balaban J connectivity index is 2.47. The molecule has 2 rings (SSSR count). The third-order valence-corrected chi connectivity index (χ3v) is 4.22. The minimum Gasteiger partial charge on any atom is -0.453 e. The molecule has 2 aromatic carbocycles. The SMILES string of the molecule is COC(=O)N=C(NC(=O)OC)Nc1cc(C(=O)c2ccccc2)ccc1NC(=O)CC(C)C. The third kappa shape index (κ3) is 7.76. The van der Waals surface area contributed by atoms with Crippen LogP contribution in [0.1, 0.15) is 36.2 Å².